The number of anilines is 1. The van der Waals surface area contributed by atoms with E-state index in [0.717, 1.165) is 0 Å². The number of morpholine rings is 1. The lowest BCUT2D eigenvalue weighted by Crippen LogP contribution is -2.52. The first-order valence-electron chi connectivity index (χ1n) is 8.12. The van der Waals surface area contributed by atoms with Gasteiger partial charge in [-0.1, -0.05) is 0 Å². The lowest BCUT2D eigenvalue weighted by atomic mass is 10.1. The van der Waals surface area contributed by atoms with Crippen LogP contribution in [0, 0.1) is 5.82 Å². The summed E-state index contributed by atoms with van der Waals surface area (Å²) in [5.41, 5.74) is 5.82. The van der Waals surface area contributed by atoms with Crippen molar-refractivity contribution in [1.82, 2.24) is 4.90 Å². The van der Waals surface area contributed by atoms with Gasteiger partial charge in [0, 0.05) is 19.5 Å². The summed E-state index contributed by atoms with van der Waals surface area (Å²) < 4.78 is 18.7. The summed E-state index contributed by atoms with van der Waals surface area (Å²) in [4.78, 5) is 26.3. The molecular weight excluding hydrogens is 327 g/mol. The van der Waals surface area contributed by atoms with Crippen molar-refractivity contribution in [3.05, 3.63) is 30.1 Å². The van der Waals surface area contributed by atoms with Crippen LogP contribution in [0.5, 0.6) is 0 Å². The maximum Gasteiger partial charge on any atom is 0.270 e. The largest absolute Gasteiger partial charge is 0.372 e. The van der Waals surface area contributed by atoms with Gasteiger partial charge in [-0.3, -0.25) is 14.6 Å². The summed E-state index contributed by atoms with van der Waals surface area (Å²) in [6, 6.07) is 4.78. The van der Waals surface area contributed by atoms with Crippen LogP contribution in [0.4, 0.5) is 10.1 Å². The van der Waals surface area contributed by atoms with Gasteiger partial charge in [-0.15, -0.1) is 0 Å². The van der Waals surface area contributed by atoms with E-state index in [1.165, 1.54) is 29.3 Å². The van der Waals surface area contributed by atoms with Crippen LogP contribution in [0.2, 0.25) is 0 Å². The smallest absolute Gasteiger partial charge is 0.270 e. The number of hydrogen-bond acceptors (Lipinski definition) is 5. The molecule has 2 aliphatic rings. The molecule has 7 nitrogen and oxygen atoms in total. The highest BCUT2D eigenvalue weighted by Gasteiger charge is 2.38. The van der Waals surface area contributed by atoms with Crippen molar-refractivity contribution in [3.8, 4) is 0 Å². The zero-order valence-electron chi connectivity index (χ0n) is 14.2. The third-order valence-corrected chi connectivity index (χ3v) is 4.29. The Hall–Kier alpha value is -2.48. The minimum atomic E-state index is -0.765. The van der Waals surface area contributed by atoms with Crippen LogP contribution in [0.1, 0.15) is 20.3 Å². The number of benzene rings is 1. The number of hydrazone groups is 1. The van der Waals surface area contributed by atoms with E-state index in [2.05, 4.69) is 5.10 Å². The first-order chi connectivity index (χ1) is 11.8. The summed E-state index contributed by atoms with van der Waals surface area (Å²) in [5.74, 6) is -1.21. The van der Waals surface area contributed by atoms with Crippen LogP contribution < -0.4 is 10.7 Å². The lowest BCUT2D eigenvalue weighted by Gasteiger charge is -2.38. The lowest BCUT2D eigenvalue weighted by molar-refractivity contribution is -0.139. The minimum absolute atomic E-state index is 0.128. The molecule has 25 heavy (non-hydrogen) atoms. The molecule has 2 amide bonds. The number of primary amides is 1. The summed E-state index contributed by atoms with van der Waals surface area (Å²) in [6.45, 7) is 5.20. The summed E-state index contributed by atoms with van der Waals surface area (Å²) >= 11 is 0. The predicted molar refractivity (Wildman–Crippen MR) is 90.5 cm³/mol. The van der Waals surface area contributed by atoms with Crippen molar-refractivity contribution in [3.63, 3.8) is 0 Å². The van der Waals surface area contributed by atoms with E-state index in [-0.39, 0.29) is 18.0 Å². The van der Waals surface area contributed by atoms with Crippen molar-refractivity contribution >= 4 is 23.2 Å². The highest BCUT2D eigenvalue weighted by atomic mass is 19.1. The Morgan fingerprint density at radius 3 is 2.60 bits per heavy atom. The minimum Gasteiger partial charge on any atom is -0.372 e. The van der Waals surface area contributed by atoms with Crippen LogP contribution in [-0.2, 0) is 14.3 Å². The van der Waals surface area contributed by atoms with Crippen LogP contribution in [0.25, 0.3) is 0 Å². The van der Waals surface area contributed by atoms with Crippen LogP contribution in [0.15, 0.2) is 29.4 Å². The van der Waals surface area contributed by atoms with Crippen LogP contribution in [0.3, 0.4) is 0 Å². The maximum atomic E-state index is 13.1. The van der Waals surface area contributed by atoms with E-state index in [1.54, 1.807) is 4.90 Å². The second-order valence-corrected chi connectivity index (χ2v) is 6.82. The molecule has 1 aromatic carbocycles. The molecule has 8 heteroatoms. The zero-order valence-corrected chi connectivity index (χ0v) is 14.2. The van der Waals surface area contributed by atoms with Crippen LogP contribution in [-0.4, -0.2) is 53.8 Å². The average molecular weight is 348 g/mol. The van der Waals surface area contributed by atoms with Crippen molar-refractivity contribution in [2.75, 3.05) is 24.7 Å². The number of hydrogen-bond donors (Lipinski definition) is 1. The molecule has 3 rings (SSSR count). The molecule has 1 atom stereocenters. The Balaban J connectivity index is 1.84. The normalized spacial score (nSPS) is 22.7. The number of ether oxygens (including phenoxy) is 1. The van der Waals surface area contributed by atoms with Gasteiger partial charge in [-0.25, -0.2) is 4.39 Å². The summed E-state index contributed by atoms with van der Waals surface area (Å²) in [6.07, 6.45) is 0.128. The number of rotatable bonds is 3. The topological polar surface area (TPSA) is 88.2 Å². The van der Waals surface area contributed by atoms with Gasteiger partial charge in [-0.2, -0.15) is 5.10 Å². The van der Waals surface area contributed by atoms with Gasteiger partial charge >= 0.3 is 0 Å². The van der Waals surface area contributed by atoms with E-state index in [1.807, 2.05) is 13.8 Å². The van der Waals surface area contributed by atoms with Gasteiger partial charge in [0.2, 0.25) is 5.91 Å². The molecule has 2 N–H and O–H groups in total. The third-order valence-electron chi connectivity index (χ3n) is 4.29. The fourth-order valence-electron chi connectivity index (χ4n) is 3.07. The molecule has 2 heterocycles. The summed E-state index contributed by atoms with van der Waals surface area (Å²) in [7, 11) is 0. The van der Waals surface area contributed by atoms with Crippen LogP contribution >= 0.6 is 0 Å². The van der Waals surface area contributed by atoms with Gasteiger partial charge in [0.05, 0.1) is 17.9 Å². The fraction of sp³-hybridized carbons (Fsp3) is 0.471. The number of carbonyl (C=O) groups is 2. The number of halogens is 1. The van der Waals surface area contributed by atoms with E-state index < -0.39 is 23.4 Å². The fourth-order valence-corrected chi connectivity index (χ4v) is 3.07. The Kier molecular flexibility index (Phi) is 4.47. The summed E-state index contributed by atoms with van der Waals surface area (Å²) in [5, 5.41) is 5.70. The molecule has 0 spiro atoms. The first kappa shape index (κ1) is 17.3. The molecule has 1 unspecified atom stereocenters. The van der Waals surface area contributed by atoms with Crippen molar-refractivity contribution in [2.24, 2.45) is 10.8 Å². The maximum absolute atomic E-state index is 13.1. The molecule has 0 bridgehead atoms. The Bertz CT molecular complexity index is 717. The molecule has 1 saturated heterocycles. The standard InChI is InChI=1S/C17H21FN4O3/c1-17(2)10-21(7-8-25-17)16(24)13-9-14(15(19)23)22(20-13)12-5-3-11(18)4-6-12/h3-6,14H,7-10H2,1-2H3,(H2,19,23). The van der Waals surface area contributed by atoms with E-state index in [0.29, 0.717) is 25.4 Å². The molecule has 0 saturated carbocycles. The quantitative estimate of drug-likeness (QED) is 0.878. The highest BCUT2D eigenvalue weighted by Crippen LogP contribution is 2.26. The monoisotopic (exact) mass is 348 g/mol. The Morgan fingerprint density at radius 2 is 2.00 bits per heavy atom. The Morgan fingerprint density at radius 1 is 1.32 bits per heavy atom. The molecule has 0 aliphatic carbocycles. The molecule has 0 radical (unpaired) electrons. The second kappa shape index (κ2) is 6.44. The molecule has 1 aromatic rings. The average Bonchev–Trinajstić information content (AvgIpc) is 2.99. The number of nitrogens with zero attached hydrogens (tertiary/aromatic N) is 3. The molecule has 0 aromatic heterocycles. The van der Waals surface area contributed by atoms with Crippen molar-refractivity contribution in [1.29, 1.82) is 0 Å². The van der Waals surface area contributed by atoms with Gasteiger partial charge in [0.1, 0.15) is 17.6 Å². The number of carbonyl (C=O) groups excluding carboxylic acids is 2. The first-order valence-corrected chi connectivity index (χ1v) is 8.12. The zero-order chi connectivity index (χ0) is 18.2. The van der Waals surface area contributed by atoms with E-state index in [9.17, 15) is 14.0 Å². The van der Waals surface area contributed by atoms with E-state index >= 15 is 0 Å². The van der Waals surface area contributed by atoms with E-state index in [4.69, 9.17) is 10.5 Å². The van der Waals surface area contributed by atoms with Gasteiger partial charge in [0.15, 0.2) is 0 Å². The molecule has 1 fully saturated rings. The number of amides is 2. The van der Waals surface area contributed by atoms with Crippen molar-refractivity contribution in [2.45, 2.75) is 31.9 Å². The highest BCUT2D eigenvalue weighted by molar-refractivity contribution is 6.40. The molecule has 134 valence electrons. The van der Waals surface area contributed by atoms with Gasteiger partial charge < -0.3 is 15.4 Å². The second-order valence-electron chi connectivity index (χ2n) is 6.82. The van der Waals surface area contributed by atoms with Gasteiger partial charge in [0.25, 0.3) is 5.91 Å². The third kappa shape index (κ3) is 3.63. The molecular formula is C17H21FN4O3. The van der Waals surface area contributed by atoms with Gasteiger partial charge in [-0.05, 0) is 38.1 Å². The SMILES string of the molecule is CC1(C)CN(C(=O)C2=NN(c3ccc(F)cc3)C(C(N)=O)C2)CCO1. The van der Waals surface area contributed by atoms with Crippen molar-refractivity contribution < 1.29 is 18.7 Å². The number of nitrogens with two attached hydrogens (primary N) is 1. The molecule has 2 aliphatic heterocycles. The Labute approximate surface area is 145 Å². The predicted octanol–water partition coefficient (Wildman–Crippen LogP) is 0.883.